The van der Waals surface area contributed by atoms with E-state index >= 15 is 0 Å². The van der Waals surface area contributed by atoms with Gasteiger partial charge in [-0.3, -0.25) is 14.8 Å². The van der Waals surface area contributed by atoms with Crippen molar-refractivity contribution >= 4 is 34.6 Å². The van der Waals surface area contributed by atoms with Gasteiger partial charge in [-0.05, 0) is 79.3 Å². The molecule has 4 aromatic rings. The largest absolute Gasteiger partial charge is 0.351 e. The zero-order chi connectivity index (χ0) is 24.4. The summed E-state index contributed by atoms with van der Waals surface area (Å²) in [6.07, 6.45) is 7.86. The minimum absolute atomic E-state index is 0.0116. The fraction of sp³-hybridized carbons (Fsp3) is 0.185. The van der Waals surface area contributed by atoms with Gasteiger partial charge >= 0.3 is 0 Å². The monoisotopic (exact) mass is 482 g/mol. The number of anilines is 2. The second kappa shape index (κ2) is 9.68. The van der Waals surface area contributed by atoms with Crippen molar-refractivity contribution in [1.29, 1.82) is 0 Å². The molecule has 1 aliphatic rings. The third kappa shape index (κ3) is 4.40. The van der Waals surface area contributed by atoms with Crippen molar-refractivity contribution < 1.29 is 4.79 Å². The van der Waals surface area contributed by atoms with Crippen LogP contribution in [-0.2, 0) is 4.79 Å². The predicted molar refractivity (Wildman–Crippen MR) is 142 cm³/mol. The number of nitrogens with zero attached hydrogens (tertiary/aromatic N) is 4. The maximum atomic E-state index is 11.9. The average Bonchev–Trinajstić information content (AvgIpc) is 3.50. The summed E-state index contributed by atoms with van der Waals surface area (Å²) in [7, 11) is 0. The van der Waals surface area contributed by atoms with Crippen LogP contribution < -0.4 is 15.5 Å². The second-order valence-electron chi connectivity index (χ2n) is 8.41. The van der Waals surface area contributed by atoms with Crippen LogP contribution in [0.25, 0.3) is 5.69 Å². The lowest BCUT2D eigenvalue weighted by Gasteiger charge is -2.29. The Bertz CT molecular complexity index is 1350. The summed E-state index contributed by atoms with van der Waals surface area (Å²) < 4.78 is 2.16. The van der Waals surface area contributed by atoms with Crippen molar-refractivity contribution in [2.24, 2.45) is 0 Å². The first-order valence-corrected chi connectivity index (χ1v) is 12.0. The van der Waals surface area contributed by atoms with Crippen LogP contribution in [0.15, 0.2) is 85.5 Å². The molecular weight excluding hydrogens is 456 g/mol. The van der Waals surface area contributed by atoms with E-state index in [4.69, 9.17) is 12.2 Å². The molecular formula is C27H26N6OS. The van der Waals surface area contributed by atoms with Crippen LogP contribution in [0.1, 0.15) is 42.4 Å². The maximum absolute atomic E-state index is 11.9. The number of aromatic nitrogens is 3. The smallest absolute Gasteiger partial charge is 0.224 e. The number of nitrogens with one attached hydrogen (secondary N) is 2. The first kappa shape index (κ1) is 22.7. The van der Waals surface area contributed by atoms with Gasteiger partial charge in [0.15, 0.2) is 5.11 Å². The van der Waals surface area contributed by atoms with Crippen LogP contribution in [0.5, 0.6) is 0 Å². The molecule has 7 nitrogen and oxygen atoms in total. The third-order valence-electron chi connectivity index (χ3n) is 6.21. The quantitative estimate of drug-likeness (QED) is 0.373. The molecule has 0 radical (unpaired) electrons. The number of rotatable bonds is 6. The van der Waals surface area contributed by atoms with Gasteiger partial charge in [0, 0.05) is 54.0 Å². The number of carbonyl (C=O) groups excluding carboxylic acids is 1. The molecule has 1 aromatic carbocycles. The van der Waals surface area contributed by atoms with E-state index in [1.165, 1.54) is 0 Å². The standard InChI is InChI=1S/C27H26N6OS/c1-3-24(34)30-21-10-9-20(17-18(21)2)33-26(25(31-27(33)35)22-7-4-5-13-29-22)23-8-6-16-32(23)19-11-14-28-15-12-19/h4-17,25-26H,3H2,1-2H3,(H,30,34)(H,31,35)/t25-,26-/m0/s1. The number of benzene rings is 1. The molecule has 1 aliphatic heterocycles. The summed E-state index contributed by atoms with van der Waals surface area (Å²) in [5, 5.41) is 7.10. The molecule has 0 bridgehead atoms. The lowest BCUT2D eigenvalue weighted by atomic mass is 10.0. The predicted octanol–water partition coefficient (Wildman–Crippen LogP) is 5.10. The van der Waals surface area contributed by atoms with E-state index in [9.17, 15) is 4.79 Å². The van der Waals surface area contributed by atoms with E-state index in [0.717, 1.165) is 34.0 Å². The van der Waals surface area contributed by atoms with Crippen molar-refractivity contribution in [1.82, 2.24) is 19.9 Å². The number of hydrogen-bond donors (Lipinski definition) is 2. The lowest BCUT2D eigenvalue weighted by Crippen LogP contribution is -2.30. The Kier molecular flexibility index (Phi) is 6.29. The van der Waals surface area contributed by atoms with E-state index in [1.54, 1.807) is 18.6 Å². The van der Waals surface area contributed by atoms with Crippen molar-refractivity contribution in [3.05, 3.63) is 102 Å². The lowest BCUT2D eigenvalue weighted by molar-refractivity contribution is -0.115. The Morgan fingerprint density at radius 1 is 1.06 bits per heavy atom. The van der Waals surface area contributed by atoms with Gasteiger partial charge in [-0.2, -0.15) is 0 Å². The number of amides is 1. The van der Waals surface area contributed by atoms with Crippen LogP contribution in [-0.4, -0.2) is 25.6 Å². The Hall–Kier alpha value is -4.04. The molecule has 5 rings (SSSR count). The summed E-state index contributed by atoms with van der Waals surface area (Å²) in [5.41, 5.74) is 5.72. The normalized spacial score (nSPS) is 17.3. The third-order valence-corrected chi connectivity index (χ3v) is 6.52. The van der Waals surface area contributed by atoms with Gasteiger partial charge in [-0.15, -0.1) is 0 Å². The van der Waals surface area contributed by atoms with E-state index in [1.807, 2.05) is 68.6 Å². The second-order valence-corrected chi connectivity index (χ2v) is 8.79. The summed E-state index contributed by atoms with van der Waals surface area (Å²) in [5.74, 6) is -0.0116. The molecule has 176 valence electrons. The Morgan fingerprint density at radius 3 is 2.60 bits per heavy atom. The molecule has 2 N–H and O–H groups in total. The molecule has 3 aromatic heterocycles. The number of aryl methyl sites for hydroxylation is 1. The molecule has 1 saturated heterocycles. The van der Waals surface area contributed by atoms with Crippen molar-refractivity contribution in [2.75, 3.05) is 10.2 Å². The van der Waals surface area contributed by atoms with E-state index in [-0.39, 0.29) is 18.0 Å². The van der Waals surface area contributed by atoms with Crippen molar-refractivity contribution in [3.8, 4) is 5.69 Å². The van der Waals surface area contributed by atoms with Crippen molar-refractivity contribution in [3.63, 3.8) is 0 Å². The SMILES string of the molecule is CCC(=O)Nc1ccc(N2C(=S)N[C@@H](c3ccccn3)[C@@H]2c2cccn2-c2ccncc2)cc1C. The van der Waals surface area contributed by atoms with E-state index in [0.29, 0.717) is 11.5 Å². The van der Waals surface area contributed by atoms with Gasteiger partial charge in [0.2, 0.25) is 5.91 Å². The molecule has 0 unspecified atom stereocenters. The summed E-state index contributed by atoms with van der Waals surface area (Å²) in [4.78, 5) is 22.9. The van der Waals surface area contributed by atoms with Gasteiger partial charge in [0.1, 0.15) is 6.04 Å². The highest BCUT2D eigenvalue weighted by molar-refractivity contribution is 7.80. The molecule has 2 atom stereocenters. The van der Waals surface area contributed by atoms with Crippen LogP contribution in [0, 0.1) is 6.92 Å². The summed E-state index contributed by atoms with van der Waals surface area (Å²) in [6, 6.07) is 19.7. The summed E-state index contributed by atoms with van der Waals surface area (Å²) in [6.45, 7) is 3.83. The fourth-order valence-corrected chi connectivity index (χ4v) is 4.83. The van der Waals surface area contributed by atoms with Gasteiger partial charge in [0.05, 0.1) is 11.7 Å². The van der Waals surface area contributed by atoms with E-state index in [2.05, 4.69) is 42.2 Å². The topological polar surface area (TPSA) is 75.1 Å². The van der Waals surface area contributed by atoms with Gasteiger partial charge in [-0.25, -0.2) is 0 Å². The highest BCUT2D eigenvalue weighted by Crippen LogP contribution is 2.42. The van der Waals surface area contributed by atoms with Crippen molar-refractivity contribution in [2.45, 2.75) is 32.4 Å². The van der Waals surface area contributed by atoms with Gasteiger partial charge in [0.25, 0.3) is 0 Å². The average molecular weight is 483 g/mol. The fourth-order valence-electron chi connectivity index (χ4n) is 4.48. The molecule has 35 heavy (non-hydrogen) atoms. The van der Waals surface area contributed by atoms with Crippen LogP contribution in [0.2, 0.25) is 0 Å². The molecule has 1 fully saturated rings. The Morgan fingerprint density at radius 2 is 1.89 bits per heavy atom. The first-order chi connectivity index (χ1) is 17.1. The molecule has 0 aliphatic carbocycles. The maximum Gasteiger partial charge on any atom is 0.224 e. The highest BCUT2D eigenvalue weighted by Gasteiger charge is 2.42. The van der Waals surface area contributed by atoms with Crippen LogP contribution in [0.4, 0.5) is 11.4 Å². The first-order valence-electron chi connectivity index (χ1n) is 11.6. The molecule has 0 spiro atoms. The molecule has 0 saturated carbocycles. The molecule has 1 amide bonds. The van der Waals surface area contributed by atoms with Crippen LogP contribution >= 0.6 is 12.2 Å². The van der Waals surface area contributed by atoms with Gasteiger partial charge < -0.3 is 20.1 Å². The zero-order valence-corrected chi connectivity index (χ0v) is 20.4. The van der Waals surface area contributed by atoms with Gasteiger partial charge in [-0.1, -0.05) is 13.0 Å². The number of thiocarbonyl (C=S) groups is 1. The van der Waals surface area contributed by atoms with E-state index < -0.39 is 0 Å². The Labute approximate surface area is 209 Å². The summed E-state index contributed by atoms with van der Waals surface area (Å²) >= 11 is 5.87. The minimum atomic E-state index is -0.156. The molecule has 4 heterocycles. The number of pyridine rings is 2. The Balaban J connectivity index is 1.61. The van der Waals surface area contributed by atoms with Crippen LogP contribution in [0.3, 0.4) is 0 Å². The zero-order valence-electron chi connectivity index (χ0n) is 19.6. The highest BCUT2D eigenvalue weighted by atomic mass is 32.1. The minimum Gasteiger partial charge on any atom is -0.351 e. The molecule has 8 heteroatoms. The number of hydrogen-bond acceptors (Lipinski definition) is 4. The number of carbonyl (C=O) groups is 1.